The Balaban J connectivity index is 1.73. The minimum Gasteiger partial charge on any atom is -0.378 e. The van der Waals surface area contributed by atoms with Gasteiger partial charge < -0.3 is 14.5 Å². The van der Waals surface area contributed by atoms with Crippen LogP contribution in [0, 0.1) is 5.92 Å². The zero-order valence-electron chi connectivity index (χ0n) is 13.5. The molecule has 1 unspecified atom stereocenters. The molecule has 1 atom stereocenters. The second kappa shape index (κ2) is 7.08. The summed E-state index contributed by atoms with van der Waals surface area (Å²) in [4.78, 5) is 32.9. The van der Waals surface area contributed by atoms with Crippen LogP contribution in [0.3, 0.4) is 0 Å². The second-order valence-corrected chi connectivity index (χ2v) is 6.33. The fourth-order valence-corrected chi connectivity index (χ4v) is 3.17. The Morgan fingerprint density at radius 1 is 1.17 bits per heavy atom. The first-order valence-corrected chi connectivity index (χ1v) is 8.27. The highest BCUT2D eigenvalue weighted by Gasteiger charge is 2.24. The average molecular weight is 317 g/mol. The van der Waals surface area contributed by atoms with E-state index in [2.05, 4.69) is 11.9 Å². The van der Waals surface area contributed by atoms with Crippen LogP contribution in [0.15, 0.2) is 18.3 Å². The van der Waals surface area contributed by atoms with Crippen molar-refractivity contribution in [2.75, 3.05) is 39.4 Å². The molecule has 0 aliphatic carbocycles. The van der Waals surface area contributed by atoms with Crippen LogP contribution in [0.4, 0.5) is 0 Å². The number of piperidine rings is 1. The van der Waals surface area contributed by atoms with E-state index in [1.807, 2.05) is 4.90 Å². The largest absolute Gasteiger partial charge is 0.378 e. The maximum atomic E-state index is 12.6. The summed E-state index contributed by atoms with van der Waals surface area (Å²) in [5.74, 6) is 0.397. The molecule has 2 aliphatic heterocycles. The lowest BCUT2D eigenvalue weighted by Gasteiger charge is -2.31. The number of carbonyl (C=O) groups excluding carboxylic acids is 2. The first-order chi connectivity index (χ1) is 11.1. The molecular formula is C17H23N3O3. The average Bonchev–Trinajstić information content (AvgIpc) is 2.61. The number of hydrogen-bond donors (Lipinski definition) is 0. The van der Waals surface area contributed by atoms with Crippen LogP contribution in [0.25, 0.3) is 0 Å². The molecule has 124 valence electrons. The Hall–Kier alpha value is -1.95. The Kier molecular flexibility index (Phi) is 4.91. The van der Waals surface area contributed by atoms with Crippen molar-refractivity contribution >= 4 is 11.8 Å². The molecule has 2 aliphatic rings. The van der Waals surface area contributed by atoms with Gasteiger partial charge in [-0.3, -0.25) is 14.6 Å². The number of morpholine rings is 1. The summed E-state index contributed by atoms with van der Waals surface area (Å²) in [5, 5.41) is 0. The number of likely N-dealkylation sites (tertiary alicyclic amines) is 1. The molecule has 0 aromatic carbocycles. The highest BCUT2D eigenvalue weighted by atomic mass is 16.5. The molecule has 3 rings (SSSR count). The maximum absolute atomic E-state index is 12.6. The molecule has 0 radical (unpaired) electrons. The van der Waals surface area contributed by atoms with Gasteiger partial charge in [0.1, 0.15) is 5.69 Å². The molecule has 1 aromatic heterocycles. The highest BCUT2D eigenvalue weighted by Crippen LogP contribution is 2.18. The fraction of sp³-hybridized carbons (Fsp3) is 0.588. The molecule has 6 nitrogen and oxygen atoms in total. The van der Waals surface area contributed by atoms with Crippen molar-refractivity contribution in [2.24, 2.45) is 5.92 Å². The summed E-state index contributed by atoms with van der Waals surface area (Å²) in [5.41, 5.74) is 0.883. The van der Waals surface area contributed by atoms with Crippen molar-refractivity contribution in [2.45, 2.75) is 19.8 Å². The Labute approximate surface area is 136 Å². The van der Waals surface area contributed by atoms with E-state index in [4.69, 9.17) is 4.74 Å². The second-order valence-electron chi connectivity index (χ2n) is 6.33. The summed E-state index contributed by atoms with van der Waals surface area (Å²) in [6.07, 6.45) is 3.76. The molecule has 0 N–H and O–H groups in total. The summed E-state index contributed by atoms with van der Waals surface area (Å²) in [7, 11) is 0. The Bertz CT molecular complexity index is 584. The molecule has 0 bridgehead atoms. The van der Waals surface area contributed by atoms with Crippen molar-refractivity contribution in [3.63, 3.8) is 0 Å². The lowest BCUT2D eigenvalue weighted by atomic mass is 9.99. The predicted molar refractivity (Wildman–Crippen MR) is 85.3 cm³/mol. The van der Waals surface area contributed by atoms with Gasteiger partial charge in [0.15, 0.2) is 0 Å². The summed E-state index contributed by atoms with van der Waals surface area (Å²) >= 11 is 0. The molecular weight excluding hydrogens is 294 g/mol. The molecule has 2 amide bonds. The van der Waals surface area contributed by atoms with E-state index < -0.39 is 0 Å². The van der Waals surface area contributed by atoms with Crippen LogP contribution in [0.2, 0.25) is 0 Å². The van der Waals surface area contributed by atoms with E-state index in [-0.39, 0.29) is 11.8 Å². The number of hydrogen-bond acceptors (Lipinski definition) is 4. The van der Waals surface area contributed by atoms with E-state index in [9.17, 15) is 9.59 Å². The van der Waals surface area contributed by atoms with Gasteiger partial charge >= 0.3 is 0 Å². The third kappa shape index (κ3) is 3.69. The van der Waals surface area contributed by atoms with Crippen LogP contribution >= 0.6 is 0 Å². The van der Waals surface area contributed by atoms with Crippen LogP contribution < -0.4 is 0 Å². The zero-order chi connectivity index (χ0) is 16.2. The van der Waals surface area contributed by atoms with Crippen molar-refractivity contribution in [3.05, 3.63) is 29.6 Å². The van der Waals surface area contributed by atoms with Gasteiger partial charge in [-0.25, -0.2) is 0 Å². The van der Waals surface area contributed by atoms with Crippen LogP contribution in [0.1, 0.15) is 40.6 Å². The molecule has 0 saturated carbocycles. The van der Waals surface area contributed by atoms with E-state index in [1.165, 1.54) is 6.42 Å². The van der Waals surface area contributed by atoms with Crippen LogP contribution in [0.5, 0.6) is 0 Å². The number of nitrogens with zero attached hydrogens (tertiary/aromatic N) is 3. The van der Waals surface area contributed by atoms with Gasteiger partial charge in [-0.1, -0.05) is 6.92 Å². The van der Waals surface area contributed by atoms with Crippen LogP contribution in [-0.4, -0.2) is 66.0 Å². The van der Waals surface area contributed by atoms with E-state index >= 15 is 0 Å². The SMILES string of the molecule is CC1CCCN(C(=O)c2ccnc(C(=O)N3CCOCC3)c2)C1. The third-order valence-corrected chi connectivity index (χ3v) is 4.47. The van der Waals surface area contributed by atoms with Gasteiger partial charge in [-0.15, -0.1) is 0 Å². The van der Waals surface area contributed by atoms with Crippen LogP contribution in [-0.2, 0) is 4.74 Å². The van der Waals surface area contributed by atoms with Gasteiger partial charge in [-0.2, -0.15) is 0 Å². The fourth-order valence-electron chi connectivity index (χ4n) is 3.17. The molecule has 6 heteroatoms. The number of rotatable bonds is 2. The highest BCUT2D eigenvalue weighted by molar-refractivity contribution is 5.98. The molecule has 2 saturated heterocycles. The van der Waals surface area contributed by atoms with Crippen molar-refractivity contribution < 1.29 is 14.3 Å². The zero-order valence-corrected chi connectivity index (χ0v) is 13.5. The van der Waals surface area contributed by atoms with Gasteiger partial charge in [0.25, 0.3) is 11.8 Å². The predicted octanol–water partition coefficient (Wildman–Crippen LogP) is 1.43. The maximum Gasteiger partial charge on any atom is 0.272 e. The van der Waals surface area contributed by atoms with E-state index in [0.717, 1.165) is 19.5 Å². The summed E-state index contributed by atoms with van der Waals surface area (Å²) in [6, 6.07) is 3.32. The number of amides is 2. The summed E-state index contributed by atoms with van der Waals surface area (Å²) in [6.45, 7) is 5.99. The van der Waals surface area contributed by atoms with E-state index in [1.54, 1.807) is 23.2 Å². The minimum absolute atomic E-state index is 0.00465. The smallest absolute Gasteiger partial charge is 0.272 e. The van der Waals surface area contributed by atoms with E-state index in [0.29, 0.717) is 43.5 Å². The van der Waals surface area contributed by atoms with Crippen molar-refractivity contribution in [3.8, 4) is 0 Å². The monoisotopic (exact) mass is 317 g/mol. The van der Waals surface area contributed by atoms with Crippen molar-refractivity contribution in [1.82, 2.24) is 14.8 Å². The number of pyridine rings is 1. The normalized spacial score (nSPS) is 22.0. The third-order valence-electron chi connectivity index (χ3n) is 4.47. The van der Waals surface area contributed by atoms with Gasteiger partial charge in [0.2, 0.25) is 0 Å². The first-order valence-electron chi connectivity index (χ1n) is 8.27. The minimum atomic E-state index is -0.130. The molecule has 23 heavy (non-hydrogen) atoms. The molecule has 0 spiro atoms. The Morgan fingerprint density at radius 2 is 1.96 bits per heavy atom. The van der Waals surface area contributed by atoms with Gasteiger partial charge in [0.05, 0.1) is 13.2 Å². The number of ether oxygens (including phenoxy) is 1. The first kappa shape index (κ1) is 15.9. The number of aromatic nitrogens is 1. The quantitative estimate of drug-likeness (QED) is 0.828. The Morgan fingerprint density at radius 3 is 2.70 bits per heavy atom. The molecule has 1 aromatic rings. The lowest BCUT2D eigenvalue weighted by Crippen LogP contribution is -2.41. The number of carbonyl (C=O) groups is 2. The topological polar surface area (TPSA) is 62.7 Å². The molecule has 3 heterocycles. The standard InChI is InChI=1S/C17H23N3O3/c1-13-3-2-6-20(12-13)16(21)14-4-5-18-15(11-14)17(22)19-7-9-23-10-8-19/h4-5,11,13H,2-3,6-10,12H2,1H3. The summed E-state index contributed by atoms with van der Waals surface area (Å²) < 4.78 is 5.26. The van der Waals surface area contributed by atoms with Gasteiger partial charge in [-0.05, 0) is 30.9 Å². The van der Waals surface area contributed by atoms with Crippen molar-refractivity contribution in [1.29, 1.82) is 0 Å². The molecule has 2 fully saturated rings. The lowest BCUT2D eigenvalue weighted by molar-refractivity contribution is 0.0299. The van der Waals surface area contributed by atoms with Gasteiger partial charge in [0, 0.05) is 37.9 Å².